The van der Waals surface area contributed by atoms with Gasteiger partial charge < -0.3 is 15.4 Å². The van der Waals surface area contributed by atoms with Crippen LogP contribution in [0.25, 0.3) is 10.8 Å². The third-order valence-corrected chi connectivity index (χ3v) is 6.23. The van der Waals surface area contributed by atoms with Crippen LogP contribution < -0.4 is 10.5 Å². The summed E-state index contributed by atoms with van der Waals surface area (Å²) in [6, 6.07) is 23.7. The van der Waals surface area contributed by atoms with E-state index in [-0.39, 0.29) is 0 Å². The Labute approximate surface area is 186 Å². The molecule has 1 saturated heterocycles. The highest BCUT2D eigenvalue weighted by Gasteiger charge is 2.19. The van der Waals surface area contributed by atoms with Gasteiger partial charge in [0.2, 0.25) is 0 Å². The van der Waals surface area contributed by atoms with Crippen molar-refractivity contribution in [3.05, 3.63) is 77.9 Å². The number of piperazine rings is 1. The van der Waals surface area contributed by atoms with Gasteiger partial charge in [-0.1, -0.05) is 60.7 Å². The summed E-state index contributed by atoms with van der Waals surface area (Å²) in [5.74, 6) is 1.04. The fraction of sp³-hybridized carbons (Fsp3) is 0.407. The lowest BCUT2D eigenvalue weighted by Gasteiger charge is -2.35. The molecule has 1 aliphatic rings. The van der Waals surface area contributed by atoms with Crippen LogP contribution in [0.5, 0.6) is 5.75 Å². The normalized spacial score (nSPS) is 15.4. The van der Waals surface area contributed by atoms with E-state index in [1.807, 2.05) is 0 Å². The lowest BCUT2D eigenvalue weighted by Crippen LogP contribution is -2.46. The molecule has 0 atom stereocenters. The predicted molar refractivity (Wildman–Crippen MR) is 130 cm³/mol. The van der Waals surface area contributed by atoms with E-state index in [1.165, 1.54) is 21.9 Å². The smallest absolute Gasteiger partial charge is 0.124 e. The molecule has 3 aromatic rings. The number of aryl methyl sites for hydroxylation is 1. The Morgan fingerprint density at radius 2 is 1.52 bits per heavy atom. The number of ether oxygens (including phenoxy) is 1. The minimum Gasteiger partial charge on any atom is -0.493 e. The summed E-state index contributed by atoms with van der Waals surface area (Å²) < 4.78 is 6.33. The summed E-state index contributed by atoms with van der Waals surface area (Å²) >= 11 is 0. The van der Waals surface area contributed by atoms with E-state index in [2.05, 4.69) is 76.5 Å². The average Bonchev–Trinajstić information content (AvgIpc) is 2.83. The molecule has 0 spiro atoms. The Morgan fingerprint density at radius 1 is 0.774 bits per heavy atom. The second kappa shape index (κ2) is 11.3. The number of benzene rings is 3. The molecule has 4 heteroatoms. The fourth-order valence-electron chi connectivity index (χ4n) is 4.43. The largest absolute Gasteiger partial charge is 0.493 e. The number of hydrogen-bond donors (Lipinski definition) is 1. The molecule has 0 aliphatic carbocycles. The quantitative estimate of drug-likeness (QED) is 0.499. The molecule has 31 heavy (non-hydrogen) atoms. The molecule has 164 valence electrons. The molecule has 1 fully saturated rings. The van der Waals surface area contributed by atoms with E-state index in [0.717, 1.165) is 77.4 Å². The third-order valence-electron chi connectivity index (χ3n) is 6.23. The summed E-state index contributed by atoms with van der Waals surface area (Å²) in [6.07, 6.45) is 3.16. The van der Waals surface area contributed by atoms with Gasteiger partial charge in [0.05, 0.1) is 6.61 Å². The van der Waals surface area contributed by atoms with Crippen molar-refractivity contribution in [1.29, 1.82) is 0 Å². The Kier molecular flexibility index (Phi) is 7.94. The highest BCUT2D eigenvalue weighted by molar-refractivity contribution is 5.87. The molecule has 0 bridgehead atoms. The van der Waals surface area contributed by atoms with Crippen molar-refractivity contribution in [3.8, 4) is 5.75 Å². The lowest BCUT2D eigenvalue weighted by molar-refractivity contribution is 0.126. The molecule has 4 rings (SSSR count). The SMILES string of the molecule is NCCCN1CCN(Cc2c(OCCCc3ccccc3)ccc3ccccc23)CC1. The first-order valence-electron chi connectivity index (χ1n) is 11.7. The molecule has 1 heterocycles. The van der Waals surface area contributed by atoms with Crippen LogP contribution in [-0.4, -0.2) is 55.7 Å². The lowest BCUT2D eigenvalue weighted by atomic mass is 10.0. The highest BCUT2D eigenvalue weighted by Crippen LogP contribution is 2.30. The van der Waals surface area contributed by atoms with E-state index in [4.69, 9.17) is 10.5 Å². The maximum Gasteiger partial charge on any atom is 0.124 e. The van der Waals surface area contributed by atoms with Crippen LogP contribution in [0.4, 0.5) is 0 Å². The van der Waals surface area contributed by atoms with Crippen LogP contribution >= 0.6 is 0 Å². The van der Waals surface area contributed by atoms with Crippen LogP contribution in [-0.2, 0) is 13.0 Å². The maximum atomic E-state index is 6.33. The minimum absolute atomic E-state index is 0.743. The molecule has 0 unspecified atom stereocenters. The summed E-state index contributed by atoms with van der Waals surface area (Å²) in [5.41, 5.74) is 8.38. The second-order valence-electron chi connectivity index (χ2n) is 8.46. The Morgan fingerprint density at radius 3 is 2.32 bits per heavy atom. The van der Waals surface area contributed by atoms with Gasteiger partial charge in [0, 0.05) is 38.3 Å². The molecule has 4 nitrogen and oxygen atoms in total. The fourth-order valence-corrected chi connectivity index (χ4v) is 4.43. The van der Waals surface area contributed by atoms with Crippen molar-refractivity contribution in [2.24, 2.45) is 5.73 Å². The van der Waals surface area contributed by atoms with Crippen molar-refractivity contribution in [1.82, 2.24) is 9.80 Å². The topological polar surface area (TPSA) is 41.7 Å². The van der Waals surface area contributed by atoms with Gasteiger partial charge in [0.25, 0.3) is 0 Å². The van der Waals surface area contributed by atoms with Gasteiger partial charge in [0.1, 0.15) is 5.75 Å². The number of hydrogen-bond acceptors (Lipinski definition) is 4. The van der Waals surface area contributed by atoms with Crippen LogP contribution in [0.2, 0.25) is 0 Å². The van der Waals surface area contributed by atoms with Crippen molar-refractivity contribution in [3.63, 3.8) is 0 Å². The van der Waals surface area contributed by atoms with Gasteiger partial charge in [-0.05, 0) is 54.8 Å². The molecule has 2 N–H and O–H groups in total. The van der Waals surface area contributed by atoms with E-state index in [1.54, 1.807) is 0 Å². The van der Waals surface area contributed by atoms with Gasteiger partial charge >= 0.3 is 0 Å². The van der Waals surface area contributed by atoms with Crippen molar-refractivity contribution >= 4 is 10.8 Å². The van der Waals surface area contributed by atoms with E-state index in [9.17, 15) is 0 Å². The van der Waals surface area contributed by atoms with Crippen molar-refractivity contribution in [2.75, 3.05) is 45.9 Å². The molecule has 3 aromatic carbocycles. The molecular formula is C27H35N3O. The Balaban J connectivity index is 1.41. The summed E-state index contributed by atoms with van der Waals surface area (Å²) in [5, 5.41) is 2.60. The van der Waals surface area contributed by atoms with Gasteiger partial charge in [-0.3, -0.25) is 4.90 Å². The molecule has 0 saturated carbocycles. The van der Waals surface area contributed by atoms with Crippen molar-refractivity contribution < 1.29 is 4.74 Å². The van der Waals surface area contributed by atoms with E-state index >= 15 is 0 Å². The first-order valence-corrected chi connectivity index (χ1v) is 11.7. The predicted octanol–water partition coefficient (Wildman–Crippen LogP) is 4.32. The van der Waals surface area contributed by atoms with Crippen LogP contribution in [0.1, 0.15) is 24.0 Å². The van der Waals surface area contributed by atoms with Gasteiger partial charge in [-0.15, -0.1) is 0 Å². The third kappa shape index (κ3) is 6.07. The summed E-state index contributed by atoms with van der Waals surface area (Å²) in [6.45, 7) is 8.03. The van der Waals surface area contributed by atoms with Gasteiger partial charge in [-0.2, -0.15) is 0 Å². The Bertz CT molecular complexity index is 936. The zero-order chi connectivity index (χ0) is 21.3. The molecule has 0 aromatic heterocycles. The summed E-state index contributed by atoms with van der Waals surface area (Å²) in [7, 11) is 0. The summed E-state index contributed by atoms with van der Waals surface area (Å²) in [4.78, 5) is 5.10. The number of rotatable bonds is 10. The average molecular weight is 418 g/mol. The first-order chi connectivity index (χ1) is 15.3. The second-order valence-corrected chi connectivity index (χ2v) is 8.46. The van der Waals surface area contributed by atoms with Gasteiger partial charge in [-0.25, -0.2) is 0 Å². The molecular weight excluding hydrogens is 382 g/mol. The molecule has 0 radical (unpaired) electrons. The van der Waals surface area contributed by atoms with E-state index in [0.29, 0.717) is 0 Å². The van der Waals surface area contributed by atoms with Gasteiger partial charge in [0.15, 0.2) is 0 Å². The van der Waals surface area contributed by atoms with Crippen molar-refractivity contribution in [2.45, 2.75) is 25.8 Å². The number of nitrogens with two attached hydrogens (primary N) is 1. The maximum absolute atomic E-state index is 6.33. The zero-order valence-corrected chi connectivity index (χ0v) is 18.5. The zero-order valence-electron chi connectivity index (χ0n) is 18.5. The van der Waals surface area contributed by atoms with Crippen LogP contribution in [0, 0.1) is 0 Å². The number of nitrogens with zero attached hydrogens (tertiary/aromatic N) is 2. The standard InChI is InChI=1S/C27H35N3O/c28-15-7-16-29-17-19-30(20-18-29)22-26-25-12-5-4-11-24(25)13-14-27(26)31-21-6-10-23-8-2-1-3-9-23/h1-5,8-9,11-14H,6-7,10,15-22,28H2. The Hall–Kier alpha value is -2.40. The molecule has 1 aliphatic heterocycles. The molecule has 0 amide bonds. The monoisotopic (exact) mass is 417 g/mol. The first kappa shape index (κ1) is 21.8. The highest BCUT2D eigenvalue weighted by atomic mass is 16.5. The van der Waals surface area contributed by atoms with E-state index < -0.39 is 0 Å². The minimum atomic E-state index is 0.743. The van der Waals surface area contributed by atoms with Crippen LogP contribution in [0.3, 0.4) is 0 Å². The van der Waals surface area contributed by atoms with Crippen LogP contribution in [0.15, 0.2) is 66.7 Å². The number of fused-ring (bicyclic) bond motifs is 1.